The number of nitrogens with zero attached hydrogens (tertiary/aromatic N) is 3. The van der Waals surface area contributed by atoms with E-state index in [1.165, 1.54) is 18.5 Å². The van der Waals surface area contributed by atoms with Crippen LogP contribution in [0.4, 0.5) is 5.69 Å². The summed E-state index contributed by atoms with van der Waals surface area (Å²) in [6.07, 6.45) is 9.27. The first-order valence-electron chi connectivity index (χ1n) is 9.23. The van der Waals surface area contributed by atoms with Crippen molar-refractivity contribution in [3.63, 3.8) is 0 Å². The number of hydrogen-bond acceptors (Lipinski definition) is 4. The van der Waals surface area contributed by atoms with Gasteiger partial charge in [-0.1, -0.05) is 0 Å². The summed E-state index contributed by atoms with van der Waals surface area (Å²) in [5, 5.41) is 9.91. The molecule has 1 N–H and O–H groups in total. The van der Waals surface area contributed by atoms with Crippen molar-refractivity contribution in [2.24, 2.45) is 11.8 Å². The second-order valence-electron chi connectivity index (χ2n) is 7.29. The van der Waals surface area contributed by atoms with Gasteiger partial charge in [0.1, 0.15) is 0 Å². The van der Waals surface area contributed by atoms with Crippen LogP contribution in [0.5, 0.6) is 0 Å². The lowest BCUT2D eigenvalue weighted by atomic mass is 9.93. The van der Waals surface area contributed by atoms with Gasteiger partial charge in [0, 0.05) is 44.8 Å². The number of aliphatic hydroxyl groups excluding tert-OH is 1. The second kappa shape index (κ2) is 7.97. The lowest BCUT2D eigenvalue weighted by Crippen LogP contribution is -2.39. The number of carbonyl (C=O) groups excluding carboxylic acids is 1. The van der Waals surface area contributed by atoms with Crippen molar-refractivity contribution in [3.8, 4) is 0 Å². The Morgan fingerprint density at radius 3 is 2.58 bits per heavy atom. The largest absolute Gasteiger partial charge is 0.392 e. The third kappa shape index (κ3) is 4.07. The fraction of sp³-hybridized carbons (Fsp3) is 0.684. The number of rotatable bonds is 5. The molecule has 5 heteroatoms. The predicted molar refractivity (Wildman–Crippen MR) is 94.8 cm³/mol. The normalized spacial score (nSPS) is 25.0. The molecule has 2 unspecified atom stereocenters. The second-order valence-corrected chi connectivity index (χ2v) is 7.29. The van der Waals surface area contributed by atoms with Crippen molar-refractivity contribution >= 4 is 11.6 Å². The molecule has 1 aromatic rings. The van der Waals surface area contributed by atoms with Crippen LogP contribution in [-0.2, 0) is 4.79 Å². The minimum Gasteiger partial charge on any atom is -0.392 e. The molecule has 1 amide bonds. The van der Waals surface area contributed by atoms with Crippen LogP contribution in [-0.4, -0.2) is 53.7 Å². The molecule has 2 aliphatic rings. The Bertz CT molecular complexity index is 529. The van der Waals surface area contributed by atoms with Gasteiger partial charge in [-0.25, -0.2) is 0 Å². The molecule has 1 saturated carbocycles. The standard InChI is InChI=1S/C19H29N3O2/c1-21(19(24)17-3-2-4-18(17)23)12-7-15-8-13-22(14-9-15)16-5-10-20-11-6-16/h5-6,10-11,15,17-18,23H,2-4,7-9,12-14H2,1H3. The number of carbonyl (C=O) groups is 1. The maximum Gasteiger partial charge on any atom is 0.228 e. The van der Waals surface area contributed by atoms with E-state index < -0.39 is 6.10 Å². The Balaban J connectivity index is 1.41. The van der Waals surface area contributed by atoms with Gasteiger partial charge in [0.2, 0.25) is 5.91 Å². The molecule has 3 rings (SSSR count). The van der Waals surface area contributed by atoms with E-state index in [0.29, 0.717) is 5.92 Å². The minimum atomic E-state index is -0.427. The number of pyridine rings is 1. The number of anilines is 1. The molecule has 5 nitrogen and oxygen atoms in total. The predicted octanol–water partition coefficient (Wildman–Crippen LogP) is 2.31. The first-order valence-corrected chi connectivity index (χ1v) is 9.23. The highest BCUT2D eigenvalue weighted by Crippen LogP contribution is 2.28. The summed E-state index contributed by atoms with van der Waals surface area (Å²) >= 11 is 0. The van der Waals surface area contributed by atoms with Gasteiger partial charge in [0.05, 0.1) is 12.0 Å². The fourth-order valence-corrected chi connectivity index (χ4v) is 4.03. The number of piperidine rings is 1. The highest BCUT2D eigenvalue weighted by atomic mass is 16.3. The van der Waals surface area contributed by atoms with Crippen LogP contribution in [0.1, 0.15) is 38.5 Å². The summed E-state index contributed by atoms with van der Waals surface area (Å²) in [4.78, 5) is 20.8. The van der Waals surface area contributed by atoms with Gasteiger partial charge in [0.15, 0.2) is 0 Å². The summed E-state index contributed by atoms with van der Waals surface area (Å²) in [7, 11) is 1.89. The number of amides is 1. The smallest absolute Gasteiger partial charge is 0.228 e. The number of aliphatic hydroxyl groups is 1. The summed E-state index contributed by atoms with van der Waals surface area (Å²) in [5.74, 6) is 0.657. The van der Waals surface area contributed by atoms with Crippen LogP contribution in [0.2, 0.25) is 0 Å². The highest BCUT2D eigenvalue weighted by Gasteiger charge is 2.33. The van der Waals surface area contributed by atoms with Gasteiger partial charge >= 0.3 is 0 Å². The molecule has 1 aromatic heterocycles. The van der Waals surface area contributed by atoms with Crippen molar-refractivity contribution in [2.45, 2.75) is 44.6 Å². The first-order chi connectivity index (χ1) is 11.6. The van der Waals surface area contributed by atoms with E-state index in [1.807, 2.05) is 24.3 Å². The lowest BCUT2D eigenvalue weighted by Gasteiger charge is -2.34. The van der Waals surface area contributed by atoms with Crippen molar-refractivity contribution in [2.75, 3.05) is 31.6 Å². The van der Waals surface area contributed by atoms with E-state index in [4.69, 9.17) is 0 Å². The summed E-state index contributed by atoms with van der Waals surface area (Å²) in [6.45, 7) is 2.96. The van der Waals surface area contributed by atoms with Gasteiger partial charge in [-0.15, -0.1) is 0 Å². The van der Waals surface area contributed by atoms with Crippen molar-refractivity contribution < 1.29 is 9.90 Å². The van der Waals surface area contributed by atoms with E-state index in [9.17, 15) is 9.90 Å². The Morgan fingerprint density at radius 1 is 1.25 bits per heavy atom. The molecule has 132 valence electrons. The maximum absolute atomic E-state index is 12.4. The Kier molecular flexibility index (Phi) is 5.72. The number of aromatic nitrogens is 1. The summed E-state index contributed by atoms with van der Waals surface area (Å²) in [5.41, 5.74) is 1.26. The average molecular weight is 331 g/mol. The van der Waals surface area contributed by atoms with E-state index in [1.54, 1.807) is 0 Å². The molecular weight excluding hydrogens is 302 g/mol. The molecule has 0 radical (unpaired) electrons. The first kappa shape index (κ1) is 17.2. The Hall–Kier alpha value is -1.62. The van der Waals surface area contributed by atoms with Gasteiger partial charge in [-0.2, -0.15) is 0 Å². The Morgan fingerprint density at radius 2 is 1.96 bits per heavy atom. The van der Waals surface area contributed by atoms with Gasteiger partial charge in [-0.3, -0.25) is 9.78 Å². The zero-order valence-corrected chi connectivity index (χ0v) is 14.6. The van der Waals surface area contributed by atoms with Crippen LogP contribution in [0.25, 0.3) is 0 Å². The van der Waals surface area contributed by atoms with Crippen molar-refractivity contribution in [1.82, 2.24) is 9.88 Å². The van der Waals surface area contributed by atoms with Gasteiger partial charge in [-0.05, 0) is 56.6 Å². The zero-order chi connectivity index (χ0) is 16.9. The summed E-state index contributed by atoms with van der Waals surface area (Å²) < 4.78 is 0. The van der Waals surface area contributed by atoms with Crippen LogP contribution < -0.4 is 4.90 Å². The quantitative estimate of drug-likeness (QED) is 0.899. The molecule has 2 fully saturated rings. The lowest BCUT2D eigenvalue weighted by molar-refractivity contribution is -0.137. The molecule has 2 heterocycles. The van der Waals surface area contributed by atoms with E-state index in [0.717, 1.165) is 45.3 Å². The van der Waals surface area contributed by atoms with E-state index in [2.05, 4.69) is 22.0 Å². The van der Waals surface area contributed by atoms with Crippen LogP contribution >= 0.6 is 0 Å². The SMILES string of the molecule is CN(CCC1CCN(c2ccncc2)CC1)C(=O)C1CCCC1O. The third-order valence-electron chi connectivity index (χ3n) is 5.69. The molecule has 1 aliphatic carbocycles. The van der Waals surface area contributed by atoms with Crippen LogP contribution in [0.15, 0.2) is 24.5 Å². The minimum absolute atomic E-state index is 0.134. The zero-order valence-electron chi connectivity index (χ0n) is 14.6. The molecule has 1 aliphatic heterocycles. The molecule has 24 heavy (non-hydrogen) atoms. The molecule has 2 atom stereocenters. The molecular formula is C19H29N3O2. The highest BCUT2D eigenvalue weighted by molar-refractivity contribution is 5.79. The monoisotopic (exact) mass is 331 g/mol. The maximum atomic E-state index is 12.4. The Labute approximate surface area is 144 Å². The van der Waals surface area contributed by atoms with Crippen LogP contribution in [0.3, 0.4) is 0 Å². The third-order valence-corrected chi connectivity index (χ3v) is 5.69. The molecule has 0 spiro atoms. The topological polar surface area (TPSA) is 56.7 Å². The summed E-state index contributed by atoms with van der Waals surface area (Å²) in [6, 6.07) is 4.14. The fourth-order valence-electron chi connectivity index (χ4n) is 4.03. The van der Waals surface area contributed by atoms with Crippen LogP contribution in [0, 0.1) is 11.8 Å². The average Bonchev–Trinajstić information content (AvgIpc) is 3.06. The van der Waals surface area contributed by atoms with E-state index >= 15 is 0 Å². The molecule has 1 saturated heterocycles. The van der Waals surface area contributed by atoms with Crippen molar-refractivity contribution in [1.29, 1.82) is 0 Å². The van der Waals surface area contributed by atoms with Crippen molar-refractivity contribution in [3.05, 3.63) is 24.5 Å². The number of hydrogen-bond donors (Lipinski definition) is 1. The van der Waals surface area contributed by atoms with Gasteiger partial charge < -0.3 is 14.9 Å². The molecule has 0 aromatic carbocycles. The van der Waals surface area contributed by atoms with Gasteiger partial charge in [0.25, 0.3) is 0 Å². The molecule has 0 bridgehead atoms. The van der Waals surface area contributed by atoms with E-state index in [-0.39, 0.29) is 11.8 Å².